The molecule has 0 atom stereocenters. The number of nitrogens with one attached hydrogen (secondary N) is 1. The van der Waals surface area contributed by atoms with Crippen LogP contribution in [0.15, 0.2) is 6.07 Å². The first-order valence-electron chi connectivity index (χ1n) is 4.63. The fraction of sp³-hybridized carbons (Fsp3) is 0.300. The monoisotopic (exact) mass is 289 g/mol. The topological polar surface area (TPSA) is 54.9 Å². The highest BCUT2D eigenvalue weighted by Gasteiger charge is 2.12. The van der Waals surface area contributed by atoms with E-state index >= 15 is 0 Å². The molecule has 1 aromatic heterocycles. The molecule has 0 unspecified atom stereocenters. The highest BCUT2D eigenvalue weighted by molar-refractivity contribution is 7.99. The van der Waals surface area contributed by atoms with Gasteiger partial charge in [-0.3, -0.25) is 4.79 Å². The average Bonchev–Trinajstić information content (AvgIpc) is 2.32. The first kappa shape index (κ1) is 14.1. The number of terminal acetylenes is 1. The standard InChI is InChI=1S/C10H9Cl2N3OS/c1-2-4-17-5-3-13-10(16)7-6-8(11)14-15-9(7)12/h1,6H,3-5H2,(H,13,16). The summed E-state index contributed by atoms with van der Waals surface area (Å²) in [6, 6.07) is 1.38. The summed E-state index contributed by atoms with van der Waals surface area (Å²) in [6.45, 7) is 0.501. The van der Waals surface area contributed by atoms with Gasteiger partial charge in [0.15, 0.2) is 10.3 Å². The molecule has 0 aromatic carbocycles. The van der Waals surface area contributed by atoms with Crippen LogP contribution in [0.25, 0.3) is 0 Å². The summed E-state index contributed by atoms with van der Waals surface area (Å²) in [4.78, 5) is 11.7. The normalized spacial score (nSPS) is 9.71. The Hall–Kier alpha value is -0.960. The van der Waals surface area contributed by atoms with Crippen LogP contribution in [0.5, 0.6) is 0 Å². The third-order valence-corrected chi connectivity index (χ3v) is 3.01. The molecule has 7 heteroatoms. The van der Waals surface area contributed by atoms with Crippen molar-refractivity contribution >= 4 is 40.9 Å². The summed E-state index contributed by atoms with van der Waals surface area (Å²) in [6.07, 6.45) is 5.09. The van der Waals surface area contributed by atoms with Gasteiger partial charge in [0.25, 0.3) is 5.91 Å². The van der Waals surface area contributed by atoms with Gasteiger partial charge >= 0.3 is 0 Å². The van der Waals surface area contributed by atoms with Gasteiger partial charge in [0.2, 0.25) is 0 Å². The van der Waals surface area contributed by atoms with Gasteiger partial charge in [-0.25, -0.2) is 0 Å². The van der Waals surface area contributed by atoms with Crippen LogP contribution in [0.3, 0.4) is 0 Å². The van der Waals surface area contributed by atoms with Gasteiger partial charge in [0.1, 0.15) is 0 Å². The van der Waals surface area contributed by atoms with E-state index in [0.717, 1.165) is 5.75 Å². The van der Waals surface area contributed by atoms with Gasteiger partial charge < -0.3 is 5.32 Å². The number of amides is 1. The van der Waals surface area contributed by atoms with Crippen LogP contribution in [-0.2, 0) is 0 Å². The van der Waals surface area contributed by atoms with Crippen molar-refractivity contribution in [3.63, 3.8) is 0 Å². The number of carbonyl (C=O) groups excluding carboxylic acids is 1. The summed E-state index contributed by atoms with van der Waals surface area (Å²) < 4.78 is 0. The van der Waals surface area contributed by atoms with Crippen molar-refractivity contribution in [1.29, 1.82) is 0 Å². The maximum atomic E-state index is 11.7. The molecule has 4 nitrogen and oxygen atoms in total. The molecule has 0 fully saturated rings. The van der Waals surface area contributed by atoms with E-state index in [0.29, 0.717) is 12.3 Å². The number of thioether (sulfide) groups is 1. The van der Waals surface area contributed by atoms with Gasteiger partial charge in [-0.15, -0.1) is 28.4 Å². The molecule has 90 valence electrons. The largest absolute Gasteiger partial charge is 0.351 e. The quantitative estimate of drug-likeness (QED) is 0.664. The Kier molecular flexibility index (Phi) is 6.12. The van der Waals surface area contributed by atoms with E-state index < -0.39 is 0 Å². The fourth-order valence-corrected chi connectivity index (χ4v) is 1.81. The maximum absolute atomic E-state index is 11.7. The third-order valence-electron chi connectivity index (χ3n) is 1.68. The van der Waals surface area contributed by atoms with Crippen molar-refractivity contribution in [3.8, 4) is 12.3 Å². The van der Waals surface area contributed by atoms with E-state index in [1.165, 1.54) is 6.07 Å². The van der Waals surface area contributed by atoms with E-state index in [1.54, 1.807) is 11.8 Å². The Morgan fingerprint density at radius 1 is 1.53 bits per heavy atom. The molecule has 17 heavy (non-hydrogen) atoms. The van der Waals surface area contributed by atoms with Crippen LogP contribution in [0, 0.1) is 12.3 Å². The van der Waals surface area contributed by atoms with Crippen molar-refractivity contribution in [2.45, 2.75) is 0 Å². The van der Waals surface area contributed by atoms with Crippen molar-refractivity contribution < 1.29 is 4.79 Å². The lowest BCUT2D eigenvalue weighted by molar-refractivity contribution is 0.0956. The SMILES string of the molecule is C#CCSCCNC(=O)c1cc(Cl)nnc1Cl. The lowest BCUT2D eigenvalue weighted by Crippen LogP contribution is -2.26. The Morgan fingerprint density at radius 3 is 3.00 bits per heavy atom. The Balaban J connectivity index is 2.47. The predicted molar refractivity (Wildman–Crippen MR) is 70.5 cm³/mol. The highest BCUT2D eigenvalue weighted by Crippen LogP contribution is 2.14. The van der Waals surface area contributed by atoms with Crippen molar-refractivity contribution in [1.82, 2.24) is 15.5 Å². The fourth-order valence-electron chi connectivity index (χ4n) is 0.975. The molecule has 0 aliphatic heterocycles. The van der Waals surface area contributed by atoms with E-state index in [1.807, 2.05) is 0 Å². The zero-order chi connectivity index (χ0) is 12.7. The molecule has 1 rings (SSSR count). The molecule has 0 saturated carbocycles. The summed E-state index contributed by atoms with van der Waals surface area (Å²) in [5, 5.41) is 9.91. The zero-order valence-corrected chi connectivity index (χ0v) is 11.1. The van der Waals surface area contributed by atoms with Gasteiger partial charge in [-0.2, -0.15) is 0 Å². The summed E-state index contributed by atoms with van der Waals surface area (Å²) in [7, 11) is 0. The highest BCUT2D eigenvalue weighted by atomic mass is 35.5. The van der Waals surface area contributed by atoms with E-state index in [9.17, 15) is 4.79 Å². The second-order valence-corrected chi connectivity index (χ2v) is 4.73. The molecule has 1 amide bonds. The van der Waals surface area contributed by atoms with Crippen LogP contribution in [0.1, 0.15) is 10.4 Å². The van der Waals surface area contributed by atoms with E-state index in [2.05, 4.69) is 21.4 Å². The first-order valence-corrected chi connectivity index (χ1v) is 6.54. The molecule has 0 spiro atoms. The summed E-state index contributed by atoms with van der Waals surface area (Å²) in [5.41, 5.74) is 0.216. The number of nitrogens with zero attached hydrogens (tertiary/aromatic N) is 2. The van der Waals surface area contributed by atoms with Gasteiger partial charge in [-0.05, 0) is 6.07 Å². The average molecular weight is 290 g/mol. The van der Waals surface area contributed by atoms with Crippen molar-refractivity contribution in [3.05, 3.63) is 21.9 Å². The van der Waals surface area contributed by atoms with Gasteiger partial charge in [0, 0.05) is 12.3 Å². The maximum Gasteiger partial charge on any atom is 0.254 e. The van der Waals surface area contributed by atoms with Crippen LogP contribution in [-0.4, -0.2) is 34.2 Å². The lowest BCUT2D eigenvalue weighted by atomic mass is 10.3. The Morgan fingerprint density at radius 2 is 2.29 bits per heavy atom. The number of hydrogen-bond acceptors (Lipinski definition) is 4. The molecule has 0 aliphatic rings. The minimum atomic E-state index is -0.326. The first-order chi connectivity index (χ1) is 8.15. The zero-order valence-electron chi connectivity index (χ0n) is 8.74. The van der Waals surface area contributed by atoms with Crippen molar-refractivity contribution in [2.24, 2.45) is 0 Å². The number of hydrogen-bond donors (Lipinski definition) is 1. The van der Waals surface area contributed by atoms with Gasteiger partial charge in [0.05, 0.1) is 11.3 Å². The molecule has 0 saturated heterocycles. The molecule has 1 N–H and O–H groups in total. The molecular weight excluding hydrogens is 281 g/mol. The smallest absolute Gasteiger partial charge is 0.254 e. The van der Waals surface area contributed by atoms with E-state index in [4.69, 9.17) is 29.6 Å². The molecule has 0 bridgehead atoms. The molecule has 0 aliphatic carbocycles. The molecule has 1 heterocycles. The minimum absolute atomic E-state index is 0.0307. The second-order valence-electron chi connectivity index (χ2n) is 2.88. The summed E-state index contributed by atoms with van der Waals surface area (Å²) in [5.74, 6) is 3.53. The van der Waals surface area contributed by atoms with E-state index in [-0.39, 0.29) is 21.8 Å². The van der Waals surface area contributed by atoms with Crippen LogP contribution in [0.2, 0.25) is 10.3 Å². The Labute approximate surface area is 113 Å². The number of carbonyl (C=O) groups is 1. The Bertz CT molecular complexity index is 448. The molecular formula is C10H9Cl2N3OS. The molecule has 0 radical (unpaired) electrons. The van der Waals surface area contributed by atoms with Crippen LogP contribution < -0.4 is 5.32 Å². The van der Waals surface area contributed by atoms with Crippen LogP contribution in [0.4, 0.5) is 0 Å². The summed E-state index contributed by atoms with van der Waals surface area (Å²) >= 11 is 12.9. The van der Waals surface area contributed by atoms with Gasteiger partial charge in [-0.1, -0.05) is 29.1 Å². The molecule has 1 aromatic rings. The minimum Gasteiger partial charge on any atom is -0.351 e. The third kappa shape index (κ3) is 4.82. The van der Waals surface area contributed by atoms with Crippen LogP contribution >= 0.6 is 35.0 Å². The predicted octanol–water partition coefficient (Wildman–Crippen LogP) is 1.88. The van der Waals surface area contributed by atoms with Crippen molar-refractivity contribution in [2.75, 3.05) is 18.1 Å². The lowest BCUT2D eigenvalue weighted by Gasteiger charge is -2.05. The number of rotatable bonds is 5. The number of halogens is 2. The second kappa shape index (κ2) is 7.38. The number of aromatic nitrogens is 2.